The summed E-state index contributed by atoms with van der Waals surface area (Å²) in [6, 6.07) is 28.1. The summed E-state index contributed by atoms with van der Waals surface area (Å²) in [6.07, 6.45) is 5.02. The third-order valence-electron chi connectivity index (χ3n) is 5.99. The lowest BCUT2D eigenvalue weighted by molar-refractivity contribution is 0.238. The molecule has 1 atom stereocenters. The van der Waals surface area contributed by atoms with Gasteiger partial charge in [-0.25, -0.2) is 0 Å². The first kappa shape index (κ1) is 22.1. The molecular weight excluding hydrogens is 493 g/mol. The van der Waals surface area contributed by atoms with E-state index in [2.05, 4.69) is 119 Å². The molecule has 1 aliphatic heterocycles. The Morgan fingerprint density at radius 1 is 0.903 bits per heavy atom. The van der Waals surface area contributed by atoms with Gasteiger partial charge in [0.15, 0.2) is 0 Å². The van der Waals surface area contributed by atoms with Crippen LogP contribution in [-0.2, 0) is 0 Å². The summed E-state index contributed by atoms with van der Waals surface area (Å²) in [5, 5.41) is 0. The molecule has 1 fully saturated rings. The van der Waals surface area contributed by atoms with E-state index in [1.807, 2.05) is 0 Å². The summed E-state index contributed by atoms with van der Waals surface area (Å²) < 4.78 is 7.27. The molecule has 0 spiro atoms. The Morgan fingerprint density at radius 2 is 1.52 bits per heavy atom. The molecule has 0 radical (unpaired) electrons. The predicted molar refractivity (Wildman–Crippen MR) is 139 cm³/mol. The zero-order chi connectivity index (χ0) is 21.5. The maximum atomic E-state index is 6.02. The first-order valence-corrected chi connectivity index (χ1v) is 12.2. The minimum Gasteiger partial charge on any atom is -0.492 e. The van der Waals surface area contributed by atoms with Crippen LogP contribution in [0.25, 0.3) is 5.57 Å². The molecule has 1 unspecified atom stereocenters. The molecule has 0 aromatic heterocycles. The lowest BCUT2D eigenvalue weighted by atomic mass is 9.88. The topological polar surface area (TPSA) is 12.5 Å². The van der Waals surface area contributed by atoms with Crippen LogP contribution >= 0.6 is 22.6 Å². The monoisotopic (exact) mass is 523 g/mol. The van der Waals surface area contributed by atoms with Crippen LogP contribution < -0.4 is 4.74 Å². The van der Waals surface area contributed by atoms with Crippen molar-refractivity contribution in [2.45, 2.75) is 25.7 Å². The summed E-state index contributed by atoms with van der Waals surface area (Å²) >= 11 is 2.36. The maximum absolute atomic E-state index is 6.02. The van der Waals surface area contributed by atoms with E-state index in [1.165, 1.54) is 51.8 Å². The van der Waals surface area contributed by atoms with Crippen LogP contribution in [0.4, 0.5) is 0 Å². The van der Waals surface area contributed by atoms with Crippen molar-refractivity contribution in [1.29, 1.82) is 0 Å². The molecule has 2 nitrogen and oxygen atoms in total. The van der Waals surface area contributed by atoms with E-state index in [9.17, 15) is 0 Å². The van der Waals surface area contributed by atoms with E-state index in [0.717, 1.165) is 18.9 Å². The van der Waals surface area contributed by atoms with Crippen LogP contribution in [0.3, 0.4) is 0 Å². The van der Waals surface area contributed by atoms with E-state index in [4.69, 9.17) is 4.74 Å². The molecule has 0 aliphatic carbocycles. The van der Waals surface area contributed by atoms with E-state index in [0.29, 0.717) is 0 Å². The number of nitrogens with zero attached hydrogens (tertiary/aromatic N) is 1. The van der Waals surface area contributed by atoms with Crippen LogP contribution in [0.2, 0.25) is 0 Å². The van der Waals surface area contributed by atoms with Crippen molar-refractivity contribution in [3.05, 3.63) is 105 Å². The van der Waals surface area contributed by atoms with Gasteiger partial charge in [-0.3, -0.25) is 4.90 Å². The quantitative estimate of drug-likeness (QED) is 0.295. The molecule has 3 heteroatoms. The van der Waals surface area contributed by atoms with Gasteiger partial charge in [0.2, 0.25) is 0 Å². The third kappa shape index (κ3) is 6.20. The van der Waals surface area contributed by atoms with Gasteiger partial charge >= 0.3 is 0 Å². The first-order valence-electron chi connectivity index (χ1n) is 11.1. The zero-order valence-corrected chi connectivity index (χ0v) is 20.3. The van der Waals surface area contributed by atoms with Gasteiger partial charge in [-0.2, -0.15) is 0 Å². The second-order valence-electron chi connectivity index (χ2n) is 8.21. The Bertz CT molecular complexity index is 974. The molecule has 0 amide bonds. The molecule has 4 rings (SSSR count). The lowest BCUT2D eigenvalue weighted by Gasteiger charge is -2.18. The van der Waals surface area contributed by atoms with Crippen LogP contribution in [0.1, 0.15) is 42.4 Å². The Labute approximate surface area is 200 Å². The van der Waals surface area contributed by atoms with Gasteiger partial charge in [0.05, 0.1) is 0 Å². The minimum absolute atomic E-state index is 0.204. The maximum Gasteiger partial charge on any atom is 0.119 e. The number of rotatable bonds is 8. The summed E-state index contributed by atoms with van der Waals surface area (Å²) in [5.41, 5.74) is 5.14. The highest BCUT2D eigenvalue weighted by atomic mass is 127. The third-order valence-corrected chi connectivity index (χ3v) is 6.71. The second-order valence-corrected chi connectivity index (χ2v) is 9.46. The molecule has 1 saturated heterocycles. The number of allylic oxidation sites excluding steroid dienone is 2. The average Bonchev–Trinajstić information content (AvgIpc) is 3.33. The van der Waals surface area contributed by atoms with E-state index in [-0.39, 0.29) is 5.92 Å². The zero-order valence-electron chi connectivity index (χ0n) is 18.1. The smallest absolute Gasteiger partial charge is 0.119 e. The molecule has 0 bridgehead atoms. The average molecular weight is 523 g/mol. The molecule has 0 saturated carbocycles. The number of benzene rings is 3. The van der Waals surface area contributed by atoms with Crippen molar-refractivity contribution in [3.63, 3.8) is 0 Å². The molecule has 1 heterocycles. The summed E-state index contributed by atoms with van der Waals surface area (Å²) in [6.45, 7) is 6.41. The highest BCUT2D eigenvalue weighted by molar-refractivity contribution is 14.1. The SMILES string of the molecule is CC(=CC(c1ccc(I)cc1)c1ccc(OCCN2CCCC2)cc1)c1ccccc1. The van der Waals surface area contributed by atoms with Crippen molar-refractivity contribution in [2.75, 3.05) is 26.2 Å². The van der Waals surface area contributed by atoms with Gasteiger partial charge in [0.1, 0.15) is 12.4 Å². The predicted octanol–water partition coefficient (Wildman–Crippen LogP) is 7.00. The summed E-state index contributed by atoms with van der Waals surface area (Å²) in [7, 11) is 0. The number of likely N-dealkylation sites (tertiary alicyclic amines) is 1. The summed E-state index contributed by atoms with van der Waals surface area (Å²) in [4.78, 5) is 2.48. The van der Waals surface area contributed by atoms with Crippen LogP contribution in [0.15, 0.2) is 84.9 Å². The molecule has 0 N–H and O–H groups in total. The lowest BCUT2D eigenvalue weighted by Crippen LogP contribution is -2.25. The fourth-order valence-corrected chi connectivity index (χ4v) is 4.53. The van der Waals surface area contributed by atoms with Crippen molar-refractivity contribution in [2.24, 2.45) is 0 Å². The largest absolute Gasteiger partial charge is 0.492 e. The number of hydrogen-bond acceptors (Lipinski definition) is 2. The molecular formula is C28H30INO. The van der Waals surface area contributed by atoms with Gasteiger partial charge in [0, 0.05) is 16.0 Å². The fourth-order valence-electron chi connectivity index (χ4n) is 4.17. The molecule has 1 aliphatic rings. The van der Waals surface area contributed by atoms with Crippen LogP contribution in [-0.4, -0.2) is 31.1 Å². The summed E-state index contributed by atoms with van der Waals surface area (Å²) in [5.74, 6) is 1.16. The highest BCUT2D eigenvalue weighted by Crippen LogP contribution is 2.31. The molecule has 31 heavy (non-hydrogen) atoms. The molecule has 3 aromatic carbocycles. The van der Waals surface area contributed by atoms with E-state index in [1.54, 1.807) is 0 Å². The van der Waals surface area contributed by atoms with Crippen molar-refractivity contribution >= 4 is 28.2 Å². The molecule has 160 valence electrons. The highest BCUT2D eigenvalue weighted by Gasteiger charge is 2.14. The van der Waals surface area contributed by atoms with Gasteiger partial charge in [0.25, 0.3) is 0 Å². The van der Waals surface area contributed by atoms with Gasteiger partial charge in [-0.1, -0.05) is 60.7 Å². The Kier molecular flexibility index (Phi) is 7.81. The minimum atomic E-state index is 0.204. The van der Waals surface area contributed by atoms with E-state index >= 15 is 0 Å². The van der Waals surface area contributed by atoms with Crippen LogP contribution in [0.5, 0.6) is 5.75 Å². The number of hydrogen-bond donors (Lipinski definition) is 0. The van der Waals surface area contributed by atoms with Crippen molar-refractivity contribution in [3.8, 4) is 5.75 Å². The Morgan fingerprint density at radius 3 is 2.16 bits per heavy atom. The second kappa shape index (κ2) is 11.0. The standard InChI is InChI=1S/C28H30INO/c1-22(23-7-3-2-4-8-23)21-28(24-9-13-26(29)14-10-24)25-11-15-27(16-12-25)31-20-19-30-17-5-6-18-30/h2-4,7-16,21,28H,5-6,17-20H2,1H3. The normalized spacial score (nSPS) is 15.7. The Balaban J connectivity index is 1.52. The van der Waals surface area contributed by atoms with E-state index < -0.39 is 0 Å². The number of ether oxygens (including phenoxy) is 1. The van der Waals surface area contributed by atoms with Crippen LogP contribution in [0, 0.1) is 3.57 Å². The van der Waals surface area contributed by atoms with Crippen molar-refractivity contribution < 1.29 is 4.74 Å². The fraction of sp³-hybridized carbons (Fsp3) is 0.286. The molecule has 3 aromatic rings. The van der Waals surface area contributed by atoms with Gasteiger partial charge in [-0.15, -0.1) is 0 Å². The first-order chi connectivity index (χ1) is 15.2. The van der Waals surface area contributed by atoms with Gasteiger partial charge < -0.3 is 4.74 Å². The number of halogens is 1. The van der Waals surface area contributed by atoms with Gasteiger partial charge in [-0.05, 0) is 102 Å². The Hall–Kier alpha value is -2.11. The van der Waals surface area contributed by atoms with Crippen molar-refractivity contribution in [1.82, 2.24) is 4.90 Å².